The lowest BCUT2D eigenvalue weighted by molar-refractivity contribution is -0.166. The number of alkyl carbamates (subject to hydrolysis) is 1. The molecule has 186 valence electrons. The third-order valence-corrected chi connectivity index (χ3v) is 7.23. The zero-order valence-electron chi connectivity index (χ0n) is 20.1. The highest BCUT2D eigenvalue weighted by molar-refractivity contribution is 5.82. The van der Waals surface area contributed by atoms with Crippen LogP contribution in [0.3, 0.4) is 0 Å². The van der Waals surface area contributed by atoms with Crippen LogP contribution < -0.4 is 5.32 Å². The number of benzene rings is 2. The fourth-order valence-electron chi connectivity index (χ4n) is 5.00. The number of carbonyl (C=O) groups excluding carboxylic acids is 2. The van der Waals surface area contributed by atoms with E-state index in [9.17, 15) is 24.6 Å². The van der Waals surface area contributed by atoms with Gasteiger partial charge in [-0.15, -0.1) is 0 Å². The van der Waals surface area contributed by atoms with Gasteiger partial charge in [-0.1, -0.05) is 62.4 Å². The summed E-state index contributed by atoms with van der Waals surface area (Å²) in [6, 6.07) is 16.2. The van der Waals surface area contributed by atoms with Gasteiger partial charge in [0.2, 0.25) is 5.91 Å². The maximum atomic E-state index is 13.1. The van der Waals surface area contributed by atoms with Gasteiger partial charge in [0.1, 0.15) is 6.61 Å². The number of nitrogens with zero attached hydrogens (tertiary/aromatic N) is 1. The molecule has 3 N–H and O–H groups in total. The molecule has 1 aliphatic carbocycles. The third kappa shape index (κ3) is 5.03. The van der Waals surface area contributed by atoms with Gasteiger partial charge >= 0.3 is 12.1 Å². The van der Waals surface area contributed by atoms with Gasteiger partial charge in [0.15, 0.2) is 5.60 Å². The van der Waals surface area contributed by atoms with Gasteiger partial charge in [-0.25, -0.2) is 9.59 Å². The van der Waals surface area contributed by atoms with Crippen LogP contribution in [0.5, 0.6) is 0 Å². The van der Waals surface area contributed by atoms with Gasteiger partial charge in [-0.05, 0) is 28.2 Å². The highest BCUT2D eigenvalue weighted by atomic mass is 16.5. The van der Waals surface area contributed by atoms with Gasteiger partial charge < -0.3 is 25.2 Å². The van der Waals surface area contributed by atoms with E-state index in [1.165, 1.54) is 0 Å². The average Bonchev–Trinajstić information content (AvgIpc) is 3.16. The zero-order chi connectivity index (χ0) is 25.2. The molecular formula is C27H32N2O6. The van der Waals surface area contributed by atoms with E-state index in [1.807, 2.05) is 38.1 Å². The molecular weight excluding hydrogens is 448 g/mol. The minimum atomic E-state index is -1.79. The first-order valence-corrected chi connectivity index (χ1v) is 12.0. The predicted molar refractivity (Wildman–Crippen MR) is 130 cm³/mol. The molecule has 4 rings (SSSR count). The first-order chi connectivity index (χ1) is 16.7. The van der Waals surface area contributed by atoms with Crippen LogP contribution in [0, 0.1) is 11.8 Å². The minimum Gasteiger partial charge on any atom is -0.479 e. The van der Waals surface area contributed by atoms with E-state index in [-0.39, 0.29) is 56.8 Å². The summed E-state index contributed by atoms with van der Waals surface area (Å²) in [5.74, 6) is -1.99. The summed E-state index contributed by atoms with van der Waals surface area (Å²) in [5.41, 5.74) is 2.77. The second-order valence-corrected chi connectivity index (χ2v) is 9.72. The number of amides is 2. The molecule has 8 nitrogen and oxygen atoms in total. The van der Waals surface area contributed by atoms with Crippen molar-refractivity contribution in [3.05, 3.63) is 59.7 Å². The van der Waals surface area contributed by atoms with Crippen LogP contribution in [0.4, 0.5) is 4.79 Å². The standard InChI is InChI=1S/C27H32N2O6/c1-17(2)22(24(30)29-13-11-27(34,12-14-29)25(31)32)15-28-26(33)35-16-23-20-9-5-3-7-18(20)19-8-4-6-10-21(19)23/h3-10,17,22-23,34H,11-16H2,1-2H3,(H,28,33)(H,31,32). The maximum Gasteiger partial charge on any atom is 0.407 e. The second kappa shape index (κ2) is 10.1. The second-order valence-electron chi connectivity index (χ2n) is 9.72. The number of likely N-dealkylation sites (tertiary alicyclic amines) is 1. The summed E-state index contributed by atoms with van der Waals surface area (Å²) in [5, 5.41) is 22.1. The number of aliphatic carboxylic acids is 1. The number of hydrogen-bond donors (Lipinski definition) is 3. The van der Waals surface area contributed by atoms with Crippen LogP contribution in [0.1, 0.15) is 43.7 Å². The Bertz CT molecular complexity index is 1060. The van der Waals surface area contributed by atoms with Crippen molar-refractivity contribution in [2.75, 3.05) is 26.2 Å². The normalized spacial score (nSPS) is 17.4. The van der Waals surface area contributed by atoms with Gasteiger partial charge in [0.05, 0.1) is 5.92 Å². The van der Waals surface area contributed by atoms with Crippen molar-refractivity contribution < 1.29 is 29.3 Å². The summed E-state index contributed by atoms with van der Waals surface area (Å²) >= 11 is 0. The number of carboxylic acid groups (broad SMARTS) is 1. The first kappa shape index (κ1) is 24.7. The lowest BCUT2D eigenvalue weighted by Gasteiger charge is -2.37. The van der Waals surface area contributed by atoms with Crippen LogP contribution in [0.15, 0.2) is 48.5 Å². The van der Waals surface area contributed by atoms with Crippen LogP contribution in [0.2, 0.25) is 0 Å². The molecule has 1 aliphatic heterocycles. The van der Waals surface area contributed by atoms with Crippen molar-refractivity contribution in [3.8, 4) is 11.1 Å². The summed E-state index contributed by atoms with van der Waals surface area (Å²) < 4.78 is 5.58. The Morgan fingerprint density at radius 1 is 1.03 bits per heavy atom. The van der Waals surface area contributed by atoms with Gasteiger partial charge in [0, 0.05) is 38.4 Å². The fourth-order valence-corrected chi connectivity index (χ4v) is 5.00. The number of ether oxygens (including phenoxy) is 1. The molecule has 1 atom stereocenters. The molecule has 2 aromatic rings. The van der Waals surface area contributed by atoms with Gasteiger partial charge in [-0.3, -0.25) is 4.79 Å². The lowest BCUT2D eigenvalue weighted by atomic mass is 9.89. The van der Waals surface area contributed by atoms with Gasteiger partial charge in [0.25, 0.3) is 0 Å². The van der Waals surface area contributed by atoms with Crippen LogP contribution in [-0.4, -0.2) is 64.9 Å². The van der Waals surface area contributed by atoms with E-state index < -0.39 is 23.6 Å². The monoisotopic (exact) mass is 480 g/mol. The van der Waals surface area contributed by atoms with Crippen LogP contribution in [0.25, 0.3) is 11.1 Å². The van der Waals surface area contributed by atoms with Crippen LogP contribution >= 0.6 is 0 Å². The summed E-state index contributed by atoms with van der Waals surface area (Å²) in [4.78, 5) is 38.5. The molecule has 1 fully saturated rings. The molecule has 2 amide bonds. The topological polar surface area (TPSA) is 116 Å². The fraction of sp³-hybridized carbons (Fsp3) is 0.444. The number of rotatable bonds is 7. The number of piperidine rings is 1. The number of fused-ring (bicyclic) bond motifs is 3. The van der Waals surface area contributed by atoms with Crippen LogP contribution in [-0.2, 0) is 14.3 Å². The Kier molecular flexibility index (Phi) is 7.12. The lowest BCUT2D eigenvalue weighted by Crippen LogP contribution is -2.53. The molecule has 0 bridgehead atoms. The summed E-state index contributed by atoms with van der Waals surface area (Å²) in [7, 11) is 0. The Balaban J connectivity index is 1.33. The molecule has 2 aromatic carbocycles. The van der Waals surface area contributed by atoms with Crippen molar-refractivity contribution in [3.63, 3.8) is 0 Å². The Morgan fingerprint density at radius 2 is 1.57 bits per heavy atom. The van der Waals surface area contributed by atoms with E-state index in [4.69, 9.17) is 4.74 Å². The summed E-state index contributed by atoms with van der Waals surface area (Å²) in [6.07, 6.45) is -0.610. The van der Waals surface area contributed by atoms with Crippen molar-refractivity contribution in [2.24, 2.45) is 11.8 Å². The van der Waals surface area contributed by atoms with E-state index in [2.05, 4.69) is 29.6 Å². The third-order valence-electron chi connectivity index (χ3n) is 7.23. The number of carbonyl (C=O) groups is 3. The Labute approximate surface area is 204 Å². The van der Waals surface area contributed by atoms with Crippen molar-refractivity contribution in [2.45, 2.75) is 38.2 Å². The largest absolute Gasteiger partial charge is 0.479 e. The SMILES string of the molecule is CC(C)C(CNC(=O)OCC1c2ccccc2-c2ccccc21)C(=O)N1CCC(O)(C(=O)O)CC1. The van der Waals surface area contributed by atoms with E-state index in [0.29, 0.717) is 0 Å². The molecule has 1 unspecified atom stereocenters. The molecule has 2 aliphatic rings. The molecule has 0 saturated carbocycles. The van der Waals surface area contributed by atoms with Crippen molar-refractivity contribution in [1.29, 1.82) is 0 Å². The van der Waals surface area contributed by atoms with Crippen molar-refractivity contribution >= 4 is 18.0 Å². The van der Waals surface area contributed by atoms with E-state index in [0.717, 1.165) is 22.3 Å². The minimum absolute atomic E-state index is 0.0152. The van der Waals surface area contributed by atoms with E-state index >= 15 is 0 Å². The number of hydrogen-bond acceptors (Lipinski definition) is 5. The molecule has 0 aromatic heterocycles. The van der Waals surface area contributed by atoms with Gasteiger partial charge in [-0.2, -0.15) is 0 Å². The quantitative estimate of drug-likeness (QED) is 0.560. The average molecular weight is 481 g/mol. The highest BCUT2D eigenvalue weighted by Crippen LogP contribution is 2.44. The summed E-state index contributed by atoms with van der Waals surface area (Å²) in [6.45, 7) is 4.44. The molecule has 0 spiro atoms. The molecule has 1 heterocycles. The highest BCUT2D eigenvalue weighted by Gasteiger charge is 2.41. The Hall–Kier alpha value is -3.39. The first-order valence-electron chi connectivity index (χ1n) is 12.0. The van der Waals surface area contributed by atoms with E-state index in [1.54, 1.807) is 4.90 Å². The molecule has 8 heteroatoms. The Morgan fingerprint density at radius 3 is 2.09 bits per heavy atom. The number of nitrogens with one attached hydrogen (secondary N) is 1. The number of carboxylic acids is 1. The maximum absolute atomic E-state index is 13.1. The molecule has 1 saturated heterocycles. The molecule has 35 heavy (non-hydrogen) atoms. The van der Waals surface area contributed by atoms with Crippen molar-refractivity contribution in [1.82, 2.24) is 10.2 Å². The zero-order valence-corrected chi connectivity index (χ0v) is 20.1. The smallest absolute Gasteiger partial charge is 0.407 e. The predicted octanol–water partition coefficient (Wildman–Crippen LogP) is 3.24. The number of aliphatic hydroxyl groups is 1. The molecule has 0 radical (unpaired) electrons.